The number of pyridine rings is 1. The Hall–Kier alpha value is -3.27. The third-order valence-corrected chi connectivity index (χ3v) is 5.92. The molecule has 0 amide bonds. The average Bonchev–Trinajstić information content (AvgIpc) is 3.19. The number of fused-ring (bicyclic) bond motifs is 1. The maximum Gasteiger partial charge on any atom is 0.165 e. The van der Waals surface area contributed by atoms with E-state index in [0.29, 0.717) is 11.8 Å². The molecule has 0 fully saturated rings. The number of hydrogen-bond acceptors (Lipinski definition) is 3. The van der Waals surface area contributed by atoms with Crippen LogP contribution in [-0.2, 0) is 13.0 Å². The van der Waals surface area contributed by atoms with Crippen LogP contribution < -0.4 is 0 Å². The van der Waals surface area contributed by atoms with Gasteiger partial charge in [-0.05, 0) is 42.0 Å². The highest BCUT2D eigenvalue weighted by molar-refractivity contribution is 5.55. The predicted molar refractivity (Wildman–Crippen MR) is 115 cm³/mol. The molecule has 0 aliphatic carbocycles. The van der Waals surface area contributed by atoms with Crippen molar-refractivity contribution >= 4 is 0 Å². The van der Waals surface area contributed by atoms with Crippen molar-refractivity contribution in [3.63, 3.8) is 0 Å². The van der Waals surface area contributed by atoms with Gasteiger partial charge in [0.1, 0.15) is 5.82 Å². The molecule has 0 N–H and O–H groups in total. The van der Waals surface area contributed by atoms with Crippen LogP contribution in [0.15, 0.2) is 79.1 Å². The molecule has 0 spiro atoms. The van der Waals surface area contributed by atoms with E-state index in [9.17, 15) is 0 Å². The third kappa shape index (κ3) is 3.46. The molecule has 144 valence electrons. The van der Waals surface area contributed by atoms with Gasteiger partial charge in [-0.15, -0.1) is 10.2 Å². The molecule has 3 heterocycles. The fourth-order valence-electron chi connectivity index (χ4n) is 4.59. The fraction of sp³-hybridized carbons (Fsp3) is 0.240. The van der Waals surface area contributed by atoms with E-state index in [1.54, 1.807) is 0 Å². The molecule has 1 aliphatic heterocycles. The monoisotopic (exact) mass is 380 g/mol. The summed E-state index contributed by atoms with van der Waals surface area (Å²) in [7, 11) is 0. The zero-order valence-electron chi connectivity index (χ0n) is 16.6. The van der Waals surface area contributed by atoms with Crippen LogP contribution >= 0.6 is 0 Å². The second-order valence-electron chi connectivity index (χ2n) is 7.89. The Labute approximate surface area is 171 Å². The Kier molecular flexibility index (Phi) is 4.68. The fourth-order valence-corrected chi connectivity index (χ4v) is 4.59. The molecule has 0 bridgehead atoms. The Morgan fingerprint density at radius 1 is 0.897 bits per heavy atom. The van der Waals surface area contributed by atoms with Crippen LogP contribution in [0.3, 0.4) is 0 Å². The van der Waals surface area contributed by atoms with Crippen LogP contribution in [0.4, 0.5) is 0 Å². The topological polar surface area (TPSA) is 43.6 Å². The van der Waals surface area contributed by atoms with E-state index in [1.165, 1.54) is 11.1 Å². The van der Waals surface area contributed by atoms with Crippen LogP contribution in [-0.4, -0.2) is 19.7 Å². The molecular formula is C25H24N4. The number of nitrogens with zero attached hydrogens (tertiary/aromatic N) is 4. The Morgan fingerprint density at radius 2 is 1.59 bits per heavy atom. The molecule has 4 nitrogen and oxygen atoms in total. The van der Waals surface area contributed by atoms with Crippen LogP contribution in [0.2, 0.25) is 0 Å². The highest BCUT2D eigenvalue weighted by Gasteiger charge is 2.31. The lowest BCUT2D eigenvalue weighted by Crippen LogP contribution is -2.26. The SMILES string of the molecule is Cc1cncc(-c2nnc3n2CCC(C(c2ccccc2)c2ccccc2)C3)c1. The lowest BCUT2D eigenvalue weighted by molar-refractivity contribution is 0.351. The van der Waals surface area contributed by atoms with Gasteiger partial charge in [-0.3, -0.25) is 4.98 Å². The summed E-state index contributed by atoms with van der Waals surface area (Å²) >= 11 is 0. The summed E-state index contributed by atoms with van der Waals surface area (Å²) in [4.78, 5) is 4.33. The summed E-state index contributed by atoms with van der Waals surface area (Å²) in [6.07, 6.45) is 5.79. The largest absolute Gasteiger partial charge is 0.311 e. The summed E-state index contributed by atoms with van der Waals surface area (Å²) < 4.78 is 2.28. The van der Waals surface area contributed by atoms with Gasteiger partial charge in [0.2, 0.25) is 0 Å². The van der Waals surface area contributed by atoms with Gasteiger partial charge < -0.3 is 4.57 Å². The highest BCUT2D eigenvalue weighted by Crippen LogP contribution is 2.39. The van der Waals surface area contributed by atoms with E-state index >= 15 is 0 Å². The van der Waals surface area contributed by atoms with Crippen molar-refractivity contribution in [2.24, 2.45) is 5.92 Å². The molecule has 2 aromatic carbocycles. The highest BCUT2D eigenvalue weighted by atomic mass is 15.3. The van der Waals surface area contributed by atoms with Crippen LogP contribution in [0.25, 0.3) is 11.4 Å². The summed E-state index contributed by atoms with van der Waals surface area (Å²) in [6.45, 7) is 3.00. The van der Waals surface area contributed by atoms with Gasteiger partial charge in [-0.2, -0.15) is 0 Å². The van der Waals surface area contributed by atoms with Crippen molar-refractivity contribution < 1.29 is 0 Å². The number of benzene rings is 2. The van der Waals surface area contributed by atoms with Gasteiger partial charge in [-0.1, -0.05) is 60.7 Å². The second-order valence-corrected chi connectivity index (χ2v) is 7.89. The minimum absolute atomic E-state index is 0.368. The van der Waals surface area contributed by atoms with Crippen LogP contribution in [0.5, 0.6) is 0 Å². The van der Waals surface area contributed by atoms with E-state index in [4.69, 9.17) is 0 Å². The quantitative estimate of drug-likeness (QED) is 0.498. The normalized spacial score (nSPS) is 16.0. The lowest BCUT2D eigenvalue weighted by Gasteiger charge is -2.31. The summed E-state index contributed by atoms with van der Waals surface area (Å²) in [5, 5.41) is 9.09. The van der Waals surface area contributed by atoms with Crippen molar-refractivity contribution in [2.75, 3.05) is 0 Å². The van der Waals surface area contributed by atoms with Gasteiger partial charge in [-0.25, -0.2) is 0 Å². The first-order valence-electron chi connectivity index (χ1n) is 10.2. The van der Waals surface area contributed by atoms with E-state index in [2.05, 4.69) is 93.4 Å². The standard InChI is InChI=1S/C25H24N4/c1-18-14-22(17-26-16-18)25-28-27-23-15-21(12-13-29(23)25)24(19-8-4-2-5-9-19)20-10-6-3-7-11-20/h2-11,14,16-17,21,24H,12-13,15H2,1H3. The van der Waals surface area contributed by atoms with E-state index in [0.717, 1.165) is 42.2 Å². The smallest absolute Gasteiger partial charge is 0.165 e. The van der Waals surface area contributed by atoms with Gasteiger partial charge in [0.05, 0.1) is 0 Å². The molecule has 29 heavy (non-hydrogen) atoms. The van der Waals surface area contributed by atoms with Crippen molar-refractivity contribution in [1.82, 2.24) is 19.7 Å². The van der Waals surface area contributed by atoms with Crippen molar-refractivity contribution in [3.05, 3.63) is 102 Å². The number of aromatic nitrogens is 4. The number of aryl methyl sites for hydroxylation is 1. The van der Waals surface area contributed by atoms with E-state index in [-0.39, 0.29) is 0 Å². The summed E-state index contributed by atoms with van der Waals surface area (Å²) in [6, 6.07) is 23.9. The average molecular weight is 380 g/mol. The van der Waals surface area contributed by atoms with Crippen LogP contribution in [0, 0.1) is 12.8 Å². The van der Waals surface area contributed by atoms with Crippen LogP contribution in [0.1, 0.15) is 34.9 Å². The first kappa shape index (κ1) is 17.8. The molecule has 2 aromatic heterocycles. The Bertz CT molecular complexity index is 1060. The number of rotatable bonds is 4. The molecule has 0 radical (unpaired) electrons. The zero-order valence-corrected chi connectivity index (χ0v) is 16.6. The molecule has 0 saturated heterocycles. The maximum atomic E-state index is 4.57. The molecule has 4 heteroatoms. The van der Waals surface area contributed by atoms with Crippen molar-refractivity contribution in [3.8, 4) is 11.4 Å². The first-order valence-corrected chi connectivity index (χ1v) is 10.2. The number of hydrogen-bond donors (Lipinski definition) is 0. The second kappa shape index (κ2) is 7.63. The lowest BCUT2D eigenvalue weighted by atomic mass is 9.76. The summed E-state index contributed by atoms with van der Waals surface area (Å²) in [5.41, 5.74) is 4.94. The summed E-state index contributed by atoms with van der Waals surface area (Å²) in [5.74, 6) is 2.88. The van der Waals surface area contributed by atoms with Crippen molar-refractivity contribution in [2.45, 2.75) is 32.2 Å². The predicted octanol–water partition coefficient (Wildman–Crippen LogP) is 5.04. The minimum Gasteiger partial charge on any atom is -0.311 e. The molecule has 1 unspecified atom stereocenters. The molecular weight excluding hydrogens is 356 g/mol. The van der Waals surface area contributed by atoms with Gasteiger partial charge in [0, 0.05) is 36.8 Å². The molecule has 4 aromatic rings. The van der Waals surface area contributed by atoms with Gasteiger partial charge in [0.15, 0.2) is 5.82 Å². The molecule has 1 aliphatic rings. The first-order chi connectivity index (χ1) is 14.3. The molecule has 1 atom stereocenters. The van der Waals surface area contributed by atoms with E-state index in [1.807, 2.05) is 12.4 Å². The zero-order chi connectivity index (χ0) is 19.6. The Morgan fingerprint density at radius 3 is 2.24 bits per heavy atom. The molecule has 0 saturated carbocycles. The van der Waals surface area contributed by atoms with Crippen molar-refractivity contribution in [1.29, 1.82) is 0 Å². The minimum atomic E-state index is 0.368. The van der Waals surface area contributed by atoms with E-state index < -0.39 is 0 Å². The molecule has 5 rings (SSSR count). The maximum absolute atomic E-state index is 4.57. The third-order valence-electron chi connectivity index (χ3n) is 5.92. The Balaban J connectivity index is 1.49. The van der Waals surface area contributed by atoms with Gasteiger partial charge in [0.25, 0.3) is 0 Å². The van der Waals surface area contributed by atoms with Gasteiger partial charge >= 0.3 is 0 Å².